The maximum absolute atomic E-state index is 12.6. The topological polar surface area (TPSA) is 40.7 Å². The summed E-state index contributed by atoms with van der Waals surface area (Å²) >= 11 is 5.52. The van der Waals surface area contributed by atoms with Crippen LogP contribution in [0.4, 0.5) is 18.9 Å². The number of hydrogen-bond acceptors (Lipinski definition) is 2. The maximum atomic E-state index is 12.6. The van der Waals surface area contributed by atoms with E-state index in [1.54, 1.807) is 12.3 Å². The summed E-state index contributed by atoms with van der Waals surface area (Å²) < 4.78 is 37.8. The van der Waals surface area contributed by atoms with Gasteiger partial charge in [-0.3, -0.25) is 5.10 Å². The zero-order chi connectivity index (χ0) is 13.2. The van der Waals surface area contributed by atoms with E-state index in [-0.39, 0.29) is 5.02 Å². The maximum Gasteiger partial charge on any atom is 0.417 e. The highest BCUT2D eigenvalue weighted by Crippen LogP contribution is 2.36. The number of nitrogens with zero attached hydrogens (tertiary/aromatic N) is 1. The first-order valence-electron chi connectivity index (χ1n) is 5.05. The van der Waals surface area contributed by atoms with E-state index in [4.69, 9.17) is 11.6 Å². The van der Waals surface area contributed by atoms with Crippen LogP contribution in [0.3, 0.4) is 0 Å². The highest BCUT2D eigenvalue weighted by atomic mass is 35.5. The van der Waals surface area contributed by atoms with E-state index in [1.165, 1.54) is 12.1 Å². The van der Waals surface area contributed by atoms with Gasteiger partial charge in [0.1, 0.15) is 0 Å². The van der Waals surface area contributed by atoms with E-state index in [2.05, 4.69) is 15.5 Å². The molecule has 96 valence electrons. The van der Waals surface area contributed by atoms with Gasteiger partial charge in [0, 0.05) is 11.9 Å². The molecule has 0 aliphatic rings. The van der Waals surface area contributed by atoms with Gasteiger partial charge in [0.05, 0.1) is 22.8 Å². The lowest BCUT2D eigenvalue weighted by Crippen LogP contribution is -2.07. The minimum atomic E-state index is -4.46. The van der Waals surface area contributed by atoms with Gasteiger partial charge in [-0.15, -0.1) is 0 Å². The van der Waals surface area contributed by atoms with Gasteiger partial charge in [-0.1, -0.05) is 11.6 Å². The third-order valence-electron chi connectivity index (χ3n) is 2.31. The zero-order valence-corrected chi connectivity index (χ0v) is 9.81. The van der Waals surface area contributed by atoms with Gasteiger partial charge in [0.15, 0.2) is 0 Å². The van der Waals surface area contributed by atoms with Gasteiger partial charge >= 0.3 is 6.18 Å². The molecular formula is C11H9ClF3N3. The Morgan fingerprint density at radius 3 is 2.67 bits per heavy atom. The van der Waals surface area contributed by atoms with Crippen molar-refractivity contribution in [2.24, 2.45) is 0 Å². The molecule has 3 nitrogen and oxygen atoms in total. The second kappa shape index (κ2) is 4.89. The Balaban J connectivity index is 2.15. The molecule has 7 heteroatoms. The summed E-state index contributed by atoms with van der Waals surface area (Å²) in [5, 5.41) is 8.99. The lowest BCUT2D eigenvalue weighted by atomic mass is 10.2. The number of anilines is 1. The number of alkyl halides is 3. The highest BCUT2D eigenvalue weighted by Gasteiger charge is 2.33. The van der Waals surface area contributed by atoms with Crippen LogP contribution in [0.2, 0.25) is 5.02 Å². The largest absolute Gasteiger partial charge is 0.417 e. The summed E-state index contributed by atoms with van der Waals surface area (Å²) in [6, 6.07) is 5.43. The van der Waals surface area contributed by atoms with Crippen molar-refractivity contribution < 1.29 is 13.2 Å². The van der Waals surface area contributed by atoms with Crippen LogP contribution >= 0.6 is 11.6 Å². The molecule has 0 atom stereocenters. The quantitative estimate of drug-likeness (QED) is 0.897. The molecular weight excluding hydrogens is 267 g/mol. The molecule has 1 aromatic heterocycles. The van der Waals surface area contributed by atoms with E-state index < -0.39 is 11.7 Å². The fourth-order valence-electron chi connectivity index (χ4n) is 1.43. The molecule has 0 fully saturated rings. The first-order chi connectivity index (χ1) is 8.47. The van der Waals surface area contributed by atoms with E-state index in [0.717, 1.165) is 11.8 Å². The molecule has 0 bridgehead atoms. The Morgan fingerprint density at radius 1 is 1.28 bits per heavy atom. The number of aromatic nitrogens is 2. The third-order valence-corrected chi connectivity index (χ3v) is 2.64. The van der Waals surface area contributed by atoms with Crippen molar-refractivity contribution in [3.05, 3.63) is 46.7 Å². The van der Waals surface area contributed by atoms with Crippen LogP contribution in [0.25, 0.3) is 0 Å². The molecule has 1 heterocycles. The van der Waals surface area contributed by atoms with Gasteiger partial charge in [-0.25, -0.2) is 0 Å². The minimum absolute atomic E-state index is 0.311. The van der Waals surface area contributed by atoms with Crippen molar-refractivity contribution in [1.82, 2.24) is 10.2 Å². The summed E-state index contributed by atoms with van der Waals surface area (Å²) in [6.07, 6.45) is -2.89. The van der Waals surface area contributed by atoms with Gasteiger partial charge in [-0.05, 0) is 24.3 Å². The van der Waals surface area contributed by atoms with Crippen molar-refractivity contribution in [2.45, 2.75) is 12.7 Å². The first kappa shape index (κ1) is 12.8. The lowest BCUT2D eigenvalue weighted by Gasteiger charge is -2.11. The molecule has 0 amide bonds. The molecule has 2 N–H and O–H groups in total. The monoisotopic (exact) mass is 275 g/mol. The molecule has 0 saturated heterocycles. The zero-order valence-electron chi connectivity index (χ0n) is 9.05. The Kier molecular flexibility index (Phi) is 3.47. The smallest absolute Gasteiger partial charge is 0.379 e. The Morgan fingerprint density at radius 2 is 2.06 bits per heavy atom. The Hall–Kier alpha value is -1.69. The minimum Gasteiger partial charge on any atom is -0.379 e. The number of aromatic amines is 1. The van der Waals surface area contributed by atoms with E-state index >= 15 is 0 Å². The molecule has 0 radical (unpaired) electrons. The molecule has 0 unspecified atom stereocenters. The molecule has 2 rings (SSSR count). The van der Waals surface area contributed by atoms with Crippen LogP contribution in [0.15, 0.2) is 30.5 Å². The fourth-order valence-corrected chi connectivity index (χ4v) is 1.66. The molecule has 0 saturated carbocycles. The molecule has 0 aliphatic heterocycles. The van der Waals surface area contributed by atoms with Gasteiger partial charge in [0.2, 0.25) is 0 Å². The van der Waals surface area contributed by atoms with Crippen LogP contribution in [0.5, 0.6) is 0 Å². The van der Waals surface area contributed by atoms with Crippen molar-refractivity contribution in [2.75, 3.05) is 5.32 Å². The van der Waals surface area contributed by atoms with Crippen LogP contribution in [0.1, 0.15) is 11.3 Å². The fraction of sp³-hybridized carbons (Fsp3) is 0.182. The van der Waals surface area contributed by atoms with Gasteiger partial charge in [0.25, 0.3) is 0 Å². The number of rotatable bonds is 3. The number of nitrogens with one attached hydrogen (secondary N) is 2. The Labute approximate surface area is 106 Å². The first-order valence-corrected chi connectivity index (χ1v) is 5.43. The Bertz CT molecular complexity index is 523. The summed E-state index contributed by atoms with van der Waals surface area (Å²) in [4.78, 5) is 0. The van der Waals surface area contributed by atoms with Crippen molar-refractivity contribution >= 4 is 17.3 Å². The number of halogens is 4. The standard InChI is InChI=1S/C11H9ClF3N3/c12-10-2-1-7(5-9(10)11(13,14)15)16-6-8-3-4-17-18-8/h1-5,16H,6H2,(H,17,18). The van der Waals surface area contributed by atoms with Crippen molar-refractivity contribution in [3.8, 4) is 0 Å². The molecule has 0 aliphatic carbocycles. The highest BCUT2D eigenvalue weighted by molar-refractivity contribution is 6.31. The van der Waals surface area contributed by atoms with E-state index in [0.29, 0.717) is 12.2 Å². The predicted octanol–water partition coefficient (Wildman–Crippen LogP) is 3.69. The van der Waals surface area contributed by atoms with Crippen LogP contribution < -0.4 is 5.32 Å². The molecule has 1 aromatic carbocycles. The third kappa shape index (κ3) is 2.95. The number of benzene rings is 1. The van der Waals surface area contributed by atoms with Crippen molar-refractivity contribution in [1.29, 1.82) is 0 Å². The van der Waals surface area contributed by atoms with E-state index in [9.17, 15) is 13.2 Å². The summed E-state index contributed by atoms with van der Waals surface area (Å²) in [5.74, 6) is 0. The van der Waals surface area contributed by atoms with Crippen LogP contribution in [-0.2, 0) is 12.7 Å². The van der Waals surface area contributed by atoms with Crippen LogP contribution in [0, 0.1) is 0 Å². The second-order valence-electron chi connectivity index (χ2n) is 3.63. The van der Waals surface area contributed by atoms with Gasteiger partial charge in [-0.2, -0.15) is 18.3 Å². The molecule has 2 aromatic rings. The number of H-pyrrole nitrogens is 1. The SMILES string of the molecule is FC(F)(F)c1cc(NCc2ccn[nH]2)ccc1Cl. The average molecular weight is 276 g/mol. The van der Waals surface area contributed by atoms with Crippen LogP contribution in [-0.4, -0.2) is 10.2 Å². The second-order valence-corrected chi connectivity index (χ2v) is 4.04. The average Bonchev–Trinajstić information content (AvgIpc) is 2.79. The lowest BCUT2D eigenvalue weighted by molar-refractivity contribution is -0.137. The molecule has 0 spiro atoms. The summed E-state index contributed by atoms with van der Waals surface area (Å²) in [6.45, 7) is 0.360. The van der Waals surface area contributed by atoms with E-state index in [1.807, 2.05) is 0 Å². The predicted molar refractivity (Wildman–Crippen MR) is 62.4 cm³/mol. The molecule has 18 heavy (non-hydrogen) atoms. The summed E-state index contributed by atoms with van der Waals surface area (Å²) in [7, 11) is 0. The van der Waals surface area contributed by atoms with Gasteiger partial charge < -0.3 is 5.32 Å². The normalized spacial score (nSPS) is 11.6. The summed E-state index contributed by atoms with van der Waals surface area (Å²) in [5.41, 5.74) is 0.276. The van der Waals surface area contributed by atoms with Crippen molar-refractivity contribution in [3.63, 3.8) is 0 Å². The number of hydrogen-bond donors (Lipinski definition) is 2.